The number of hydrogen-bond acceptors (Lipinski definition) is 7. The first-order valence-electron chi connectivity index (χ1n) is 11.5. The number of rotatable bonds is 7. The quantitative estimate of drug-likeness (QED) is 0.381. The maximum atomic E-state index is 13.8. The van der Waals surface area contributed by atoms with Crippen LogP contribution >= 0.6 is 11.5 Å². The second-order valence-electron chi connectivity index (χ2n) is 8.82. The van der Waals surface area contributed by atoms with Crippen LogP contribution < -0.4 is 10.6 Å². The topological polar surface area (TPSA) is 83.0 Å². The average molecular weight is 523 g/mol. The summed E-state index contributed by atoms with van der Waals surface area (Å²) in [5.74, 6) is -0.265. The Morgan fingerprint density at radius 2 is 1.92 bits per heavy atom. The molecule has 0 unspecified atom stereocenters. The third-order valence-electron chi connectivity index (χ3n) is 6.15. The molecule has 1 aliphatic rings. The molecule has 7 nitrogen and oxygen atoms in total. The second kappa shape index (κ2) is 10.9. The standard InChI is InChI=1S/C24H26F4N6OS/c1-14-3-4-17(11-18(14)25)31-22(35)21-15(2)33-36-23(21)32-20-13-29-19(12-30-20)16-5-8-34(9-6-16)10-7-24(26,27)28/h3-4,11-13,16H,5-10H2,1-2H3,(H,30,32)(H,31,35). The number of halogens is 4. The van der Waals surface area contributed by atoms with Gasteiger partial charge in [0, 0.05) is 18.2 Å². The lowest BCUT2D eigenvalue weighted by Gasteiger charge is -2.31. The fraction of sp³-hybridized carbons (Fsp3) is 0.417. The number of benzene rings is 1. The Morgan fingerprint density at radius 1 is 1.17 bits per heavy atom. The summed E-state index contributed by atoms with van der Waals surface area (Å²) >= 11 is 1.10. The Balaban J connectivity index is 1.37. The van der Waals surface area contributed by atoms with Crippen molar-refractivity contribution >= 4 is 33.9 Å². The molecule has 1 aromatic carbocycles. The summed E-state index contributed by atoms with van der Waals surface area (Å²) in [4.78, 5) is 23.6. The van der Waals surface area contributed by atoms with E-state index in [1.54, 1.807) is 38.4 Å². The summed E-state index contributed by atoms with van der Waals surface area (Å²) in [6, 6.07) is 4.48. The molecule has 3 aromatic rings. The molecule has 0 aliphatic carbocycles. The van der Waals surface area contributed by atoms with Gasteiger partial charge in [-0.15, -0.1) is 0 Å². The number of aryl methyl sites for hydroxylation is 2. The first-order valence-corrected chi connectivity index (χ1v) is 12.3. The van der Waals surface area contributed by atoms with Crippen molar-refractivity contribution in [2.24, 2.45) is 0 Å². The normalized spacial score (nSPS) is 15.2. The van der Waals surface area contributed by atoms with Gasteiger partial charge in [0.05, 0.1) is 35.8 Å². The average Bonchev–Trinajstić information content (AvgIpc) is 3.20. The summed E-state index contributed by atoms with van der Waals surface area (Å²) in [5, 5.41) is 6.26. The predicted molar refractivity (Wildman–Crippen MR) is 130 cm³/mol. The number of carbonyl (C=O) groups excluding carboxylic acids is 1. The minimum Gasteiger partial charge on any atom is -0.329 e. The Bertz CT molecular complexity index is 1210. The molecule has 2 aromatic heterocycles. The number of alkyl halides is 3. The number of amides is 1. The summed E-state index contributed by atoms with van der Waals surface area (Å²) in [5.41, 5.74) is 2.47. The molecule has 0 saturated carbocycles. The first-order chi connectivity index (χ1) is 17.1. The minimum absolute atomic E-state index is 0.0216. The summed E-state index contributed by atoms with van der Waals surface area (Å²) in [7, 11) is 0. The van der Waals surface area contributed by atoms with Gasteiger partial charge in [-0.05, 0) is 69.0 Å². The van der Waals surface area contributed by atoms with E-state index >= 15 is 0 Å². The lowest BCUT2D eigenvalue weighted by molar-refractivity contribution is -0.138. The van der Waals surface area contributed by atoms with Gasteiger partial charge in [-0.3, -0.25) is 9.78 Å². The van der Waals surface area contributed by atoms with Crippen molar-refractivity contribution in [2.45, 2.75) is 45.2 Å². The maximum Gasteiger partial charge on any atom is 0.390 e. The highest BCUT2D eigenvalue weighted by molar-refractivity contribution is 7.10. The van der Waals surface area contributed by atoms with Crippen molar-refractivity contribution in [3.05, 3.63) is 58.9 Å². The summed E-state index contributed by atoms with van der Waals surface area (Å²) < 4.78 is 55.5. The van der Waals surface area contributed by atoms with E-state index in [-0.39, 0.29) is 12.5 Å². The van der Waals surface area contributed by atoms with Crippen LogP contribution in [0, 0.1) is 19.7 Å². The van der Waals surface area contributed by atoms with Gasteiger partial charge >= 0.3 is 6.18 Å². The smallest absolute Gasteiger partial charge is 0.329 e. The fourth-order valence-corrected chi connectivity index (χ4v) is 4.85. The van der Waals surface area contributed by atoms with E-state index in [1.165, 1.54) is 6.07 Å². The van der Waals surface area contributed by atoms with Crippen LogP contribution in [-0.2, 0) is 0 Å². The van der Waals surface area contributed by atoms with E-state index in [9.17, 15) is 22.4 Å². The van der Waals surface area contributed by atoms with Crippen LogP contribution in [0.25, 0.3) is 0 Å². The number of piperidine rings is 1. The Hall–Kier alpha value is -3.12. The Labute approximate surface area is 210 Å². The molecule has 12 heteroatoms. The largest absolute Gasteiger partial charge is 0.390 e. The highest BCUT2D eigenvalue weighted by Crippen LogP contribution is 2.30. The van der Waals surface area contributed by atoms with Crippen LogP contribution in [0.3, 0.4) is 0 Å². The van der Waals surface area contributed by atoms with Gasteiger partial charge in [-0.2, -0.15) is 17.5 Å². The monoisotopic (exact) mass is 522 g/mol. The molecule has 0 atom stereocenters. The molecule has 0 radical (unpaired) electrons. The van der Waals surface area contributed by atoms with E-state index in [4.69, 9.17) is 0 Å². The molecule has 36 heavy (non-hydrogen) atoms. The zero-order valence-corrected chi connectivity index (χ0v) is 20.6. The molecule has 1 aliphatic heterocycles. The lowest BCUT2D eigenvalue weighted by atomic mass is 9.94. The summed E-state index contributed by atoms with van der Waals surface area (Å²) in [6.45, 7) is 4.55. The number of hydrogen-bond donors (Lipinski definition) is 2. The van der Waals surface area contributed by atoms with Gasteiger partial charge in [-0.25, -0.2) is 9.37 Å². The molecule has 1 amide bonds. The van der Waals surface area contributed by atoms with Crippen molar-refractivity contribution in [2.75, 3.05) is 30.3 Å². The third-order valence-corrected chi connectivity index (χ3v) is 7.00. The van der Waals surface area contributed by atoms with Gasteiger partial charge in [0.15, 0.2) is 0 Å². The van der Waals surface area contributed by atoms with E-state index in [0.717, 1.165) is 30.1 Å². The van der Waals surface area contributed by atoms with Crippen LogP contribution in [0.2, 0.25) is 0 Å². The lowest BCUT2D eigenvalue weighted by Crippen LogP contribution is -2.35. The number of carbonyl (C=O) groups is 1. The number of nitrogens with zero attached hydrogens (tertiary/aromatic N) is 4. The highest BCUT2D eigenvalue weighted by atomic mass is 32.1. The Kier molecular flexibility index (Phi) is 7.84. The van der Waals surface area contributed by atoms with Crippen LogP contribution in [0.5, 0.6) is 0 Å². The van der Waals surface area contributed by atoms with Gasteiger partial charge < -0.3 is 15.5 Å². The fourth-order valence-electron chi connectivity index (χ4n) is 4.05. The molecular weight excluding hydrogens is 496 g/mol. The molecule has 2 N–H and O–H groups in total. The van der Waals surface area contributed by atoms with E-state index in [2.05, 4.69) is 25.0 Å². The van der Waals surface area contributed by atoms with Crippen molar-refractivity contribution < 1.29 is 22.4 Å². The molecule has 1 saturated heterocycles. The van der Waals surface area contributed by atoms with Crippen LogP contribution in [-0.4, -0.2) is 51.0 Å². The van der Waals surface area contributed by atoms with Gasteiger partial charge in [-0.1, -0.05) is 6.07 Å². The third kappa shape index (κ3) is 6.55. The van der Waals surface area contributed by atoms with Crippen molar-refractivity contribution in [1.29, 1.82) is 0 Å². The van der Waals surface area contributed by atoms with E-state index in [1.807, 2.05) is 4.90 Å². The molecule has 192 valence electrons. The number of likely N-dealkylation sites (tertiary alicyclic amines) is 1. The van der Waals surface area contributed by atoms with Crippen molar-refractivity contribution in [1.82, 2.24) is 19.2 Å². The zero-order chi connectivity index (χ0) is 25.9. The number of anilines is 3. The van der Waals surface area contributed by atoms with Crippen molar-refractivity contribution in [3.8, 4) is 0 Å². The van der Waals surface area contributed by atoms with Crippen LogP contribution in [0.1, 0.15) is 52.5 Å². The molecule has 1 fully saturated rings. The molecule has 0 bridgehead atoms. The van der Waals surface area contributed by atoms with Gasteiger partial charge in [0.1, 0.15) is 16.6 Å². The maximum absolute atomic E-state index is 13.8. The second-order valence-corrected chi connectivity index (χ2v) is 9.60. The molecular formula is C24H26F4N6OS. The van der Waals surface area contributed by atoms with Gasteiger partial charge in [0.2, 0.25) is 0 Å². The summed E-state index contributed by atoms with van der Waals surface area (Å²) in [6.07, 6.45) is -0.273. The zero-order valence-electron chi connectivity index (χ0n) is 19.8. The first kappa shape index (κ1) is 26.0. The van der Waals surface area contributed by atoms with E-state index < -0.39 is 24.3 Å². The number of aromatic nitrogens is 3. The predicted octanol–water partition coefficient (Wildman–Crippen LogP) is 5.82. The van der Waals surface area contributed by atoms with Crippen LogP contribution in [0.4, 0.5) is 34.1 Å². The van der Waals surface area contributed by atoms with Crippen LogP contribution in [0.15, 0.2) is 30.6 Å². The SMILES string of the molecule is Cc1ccc(NC(=O)c2c(C)nsc2Nc2cnc(C3CCN(CCC(F)(F)F)CC3)cn2)cc1F. The number of nitrogens with one attached hydrogen (secondary N) is 2. The van der Waals surface area contributed by atoms with Gasteiger partial charge in [0.25, 0.3) is 5.91 Å². The van der Waals surface area contributed by atoms with Crippen molar-refractivity contribution in [3.63, 3.8) is 0 Å². The Morgan fingerprint density at radius 3 is 2.56 bits per heavy atom. The molecule has 0 spiro atoms. The highest BCUT2D eigenvalue weighted by Gasteiger charge is 2.29. The molecule has 3 heterocycles. The molecule has 4 rings (SSSR count). The van der Waals surface area contributed by atoms with E-state index in [0.29, 0.717) is 46.4 Å². The minimum atomic E-state index is -4.14.